The van der Waals surface area contributed by atoms with Gasteiger partial charge in [-0.15, -0.1) is 0 Å². The molecule has 0 saturated heterocycles. The van der Waals surface area contributed by atoms with E-state index in [4.69, 9.17) is 4.74 Å². The van der Waals surface area contributed by atoms with Crippen LogP contribution in [0.4, 0.5) is 11.4 Å². The summed E-state index contributed by atoms with van der Waals surface area (Å²) in [4.78, 5) is 35.9. The second-order valence-electron chi connectivity index (χ2n) is 5.76. The number of fused-ring (bicyclic) bond motifs is 1. The number of rotatable bonds is 6. The normalized spacial score (nSPS) is 12.9. The molecule has 1 N–H and O–H groups in total. The maximum Gasteiger partial charge on any atom is 0.271 e. The van der Waals surface area contributed by atoms with Crippen LogP contribution in [0.3, 0.4) is 0 Å². The molecular weight excluding hydrogens is 338 g/mol. The predicted molar refractivity (Wildman–Crippen MR) is 94.1 cm³/mol. The van der Waals surface area contributed by atoms with Gasteiger partial charge < -0.3 is 10.1 Å². The van der Waals surface area contributed by atoms with Crippen molar-refractivity contribution in [1.29, 1.82) is 0 Å². The minimum Gasteiger partial charge on any atom is -0.482 e. The number of nitrogens with zero attached hydrogens (tertiary/aromatic N) is 2. The highest BCUT2D eigenvalue weighted by Crippen LogP contribution is 2.35. The first-order valence-electron chi connectivity index (χ1n) is 8.07. The van der Waals surface area contributed by atoms with Gasteiger partial charge in [-0.1, -0.05) is 30.3 Å². The Morgan fingerprint density at radius 3 is 2.73 bits per heavy atom. The topological polar surface area (TPSA) is 102 Å². The highest BCUT2D eigenvalue weighted by atomic mass is 16.6. The van der Waals surface area contributed by atoms with Gasteiger partial charge in [0.2, 0.25) is 5.91 Å². The maximum absolute atomic E-state index is 12.2. The smallest absolute Gasteiger partial charge is 0.271 e. The van der Waals surface area contributed by atoms with Gasteiger partial charge in [0.25, 0.3) is 11.6 Å². The van der Waals surface area contributed by atoms with Gasteiger partial charge in [-0.05, 0) is 18.1 Å². The average molecular weight is 355 g/mol. The summed E-state index contributed by atoms with van der Waals surface area (Å²) in [5, 5.41) is 13.7. The van der Waals surface area contributed by atoms with Crippen LogP contribution in [0, 0.1) is 10.1 Å². The molecule has 0 spiro atoms. The summed E-state index contributed by atoms with van der Waals surface area (Å²) >= 11 is 0. The molecule has 3 rings (SSSR count). The summed E-state index contributed by atoms with van der Waals surface area (Å²) in [7, 11) is 0. The molecule has 1 aliphatic rings. The summed E-state index contributed by atoms with van der Waals surface area (Å²) in [5.74, 6) is -0.419. The summed E-state index contributed by atoms with van der Waals surface area (Å²) in [6.45, 7) is 0.0103. The van der Waals surface area contributed by atoms with Crippen LogP contribution in [0.5, 0.6) is 5.75 Å². The van der Waals surface area contributed by atoms with Crippen LogP contribution in [-0.4, -0.2) is 36.4 Å². The third-order valence-electron chi connectivity index (χ3n) is 3.98. The minimum atomic E-state index is -0.558. The first-order chi connectivity index (χ1) is 12.5. The Morgan fingerprint density at radius 2 is 2.00 bits per heavy atom. The molecule has 0 aliphatic carbocycles. The molecule has 0 bridgehead atoms. The van der Waals surface area contributed by atoms with Crippen molar-refractivity contribution < 1.29 is 19.2 Å². The first kappa shape index (κ1) is 17.4. The van der Waals surface area contributed by atoms with Gasteiger partial charge in [0.05, 0.1) is 10.6 Å². The van der Waals surface area contributed by atoms with Gasteiger partial charge in [0.1, 0.15) is 12.3 Å². The number of anilines is 1. The lowest BCUT2D eigenvalue weighted by Crippen LogP contribution is -2.45. The zero-order chi connectivity index (χ0) is 18.5. The number of hydrogen-bond donors (Lipinski definition) is 1. The van der Waals surface area contributed by atoms with Crippen molar-refractivity contribution in [3.05, 3.63) is 64.2 Å². The highest BCUT2D eigenvalue weighted by Gasteiger charge is 2.29. The van der Waals surface area contributed by atoms with Crippen LogP contribution < -0.4 is 15.0 Å². The molecule has 134 valence electrons. The fourth-order valence-electron chi connectivity index (χ4n) is 2.67. The quantitative estimate of drug-likeness (QED) is 0.627. The standard InChI is InChI=1S/C18H17N3O5/c22-17(19-9-8-13-4-2-1-3-5-13)11-20-15-10-14(21(24)25)6-7-16(15)26-12-18(20)23/h1-7,10H,8-9,11-12H2,(H,19,22). The number of nitrogens with one attached hydrogen (secondary N) is 1. The van der Waals surface area contributed by atoms with Gasteiger partial charge in [-0.25, -0.2) is 0 Å². The van der Waals surface area contributed by atoms with Crippen molar-refractivity contribution in [3.63, 3.8) is 0 Å². The fourth-order valence-corrected chi connectivity index (χ4v) is 2.67. The molecule has 0 saturated carbocycles. The number of amides is 2. The third-order valence-corrected chi connectivity index (χ3v) is 3.98. The Balaban J connectivity index is 1.65. The highest BCUT2D eigenvalue weighted by molar-refractivity contribution is 6.02. The second-order valence-corrected chi connectivity index (χ2v) is 5.76. The Morgan fingerprint density at radius 1 is 1.23 bits per heavy atom. The number of ether oxygens (including phenoxy) is 1. The molecular formula is C18H17N3O5. The lowest BCUT2D eigenvalue weighted by atomic mass is 10.1. The number of carbonyl (C=O) groups excluding carboxylic acids is 2. The van der Waals surface area contributed by atoms with E-state index in [0.717, 1.165) is 5.56 Å². The number of non-ortho nitro benzene ring substituents is 1. The van der Waals surface area contributed by atoms with Gasteiger partial charge in [-0.2, -0.15) is 0 Å². The molecule has 1 heterocycles. The molecule has 0 radical (unpaired) electrons. The van der Waals surface area contributed by atoms with Crippen LogP contribution in [0.25, 0.3) is 0 Å². The van der Waals surface area contributed by atoms with E-state index in [2.05, 4.69) is 5.32 Å². The van der Waals surface area contributed by atoms with Crippen LogP contribution >= 0.6 is 0 Å². The van der Waals surface area contributed by atoms with Crippen molar-refractivity contribution in [2.75, 3.05) is 24.6 Å². The van der Waals surface area contributed by atoms with E-state index in [1.54, 1.807) is 0 Å². The molecule has 26 heavy (non-hydrogen) atoms. The summed E-state index contributed by atoms with van der Waals surface area (Å²) in [5.41, 5.74) is 1.15. The lowest BCUT2D eigenvalue weighted by Gasteiger charge is -2.28. The number of carbonyl (C=O) groups is 2. The number of hydrogen-bond acceptors (Lipinski definition) is 5. The lowest BCUT2D eigenvalue weighted by molar-refractivity contribution is -0.384. The van der Waals surface area contributed by atoms with Gasteiger partial charge >= 0.3 is 0 Å². The molecule has 8 nitrogen and oxygen atoms in total. The van der Waals surface area contributed by atoms with E-state index in [-0.39, 0.29) is 30.4 Å². The van der Waals surface area contributed by atoms with E-state index in [1.807, 2.05) is 30.3 Å². The molecule has 0 atom stereocenters. The largest absolute Gasteiger partial charge is 0.482 e. The number of benzene rings is 2. The molecule has 0 aromatic heterocycles. The van der Waals surface area contributed by atoms with E-state index >= 15 is 0 Å². The Labute approximate surface area is 149 Å². The van der Waals surface area contributed by atoms with E-state index in [9.17, 15) is 19.7 Å². The van der Waals surface area contributed by atoms with Crippen molar-refractivity contribution in [3.8, 4) is 5.75 Å². The molecule has 1 aliphatic heterocycles. The molecule has 2 aromatic rings. The Kier molecular flexibility index (Phi) is 5.12. The summed E-state index contributed by atoms with van der Waals surface area (Å²) in [6, 6.07) is 13.7. The minimum absolute atomic E-state index is 0.170. The van der Waals surface area contributed by atoms with Gasteiger partial charge in [0, 0.05) is 18.7 Å². The zero-order valence-corrected chi connectivity index (χ0v) is 13.9. The summed E-state index contributed by atoms with van der Waals surface area (Å²) in [6.07, 6.45) is 0.672. The van der Waals surface area contributed by atoms with Crippen LogP contribution in [0.1, 0.15) is 5.56 Å². The maximum atomic E-state index is 12.2. The zero-order valence-electron chi connectivity index (χ0n) is 13.9. The second kappa shape index (κ2) is 7.64. The fraction of sp³-hybridized carbons (Fsp3) is 0.222. The molecule has 0 unspecified atom stereocenters. The Bertz CT molecular complexity index is 838. The molecule has 8 heteroatoms. The molecule has 2 aromatic carbocycles. The van der Waals surface area contributed by atoms with Gasteiger partial charge in [-0.3, -0.25) is 24.6 Å². The van der Waals surface area contributed by atoms with Crippen molar-refractivity contribution in [2.24, 2.45) is 0 Å². The van der Waals surface area contributed by atoms with Gasteiger partial charge in [0.15, 0.2) is 6.61 Å². The van der Waals surface area contributed by atoms with Crippen LogP contribution in [0.2, 0.25) is 0 Å². The monoisotopic (exact) mass is 355 g/mol. The SMILES string of the molecule is O=C(CN1C(=O)COc2ccc([N+](=O)[O-])cc21)NCCc1ccccc1. The number of nitro groups is 1. The van der Waals surface area contributed by atoms with E-state index < -0.39 is 10.8 Å². The van der Waals surface area contributed by atoms with Crippen LogP contribution in [0.15, 0.2) is 48.5 Å². The van der Waals surface area contributed by atoms with Crippen LogP contribution in [-0.2, 0) is 16.0 Å². The molecule has 2 amide bonds. The third kappa shape index (κ3) is 3.97. The number of nitro benzene ring substituents is 1. The molecule has 0 fully saturated rings. The Hall–Kier alpha value is -3.42. The van der Waals surface area contributed by atoms with Crippen molar-refractivity contribution in [2.45, 2.75) is 6.42 Å². The van der Waals surface area contributed by atoms with Crippen molar-refractivity contribution >= 4 is 23.2 Å². The van der Waals surface area contributed by atoms with E-state index in [1.165, 1.54) is 23.1 Å². The predicted octanol–water partition coefficient (Wildman–Crippen LogP) is 1.68. The first-order valence-corrected chi connectivity index (χ1v) is 8.07. The average Bonchev–Trinajstić information content (AvgIpc) is 2.64. The van der Waals surface area contributed by atoms with Crippen molar-refractivity contribution in [1.82, 2.24) is 5.32 Å². The summed E-state index contributed by atoms with van der Waals surface area (Å²) < 4.78 is 5.28. The van der Waals surface area contributed by atoms with E-state index in [0.29, 0.717) is 18.7 Å².